The third-order valence-corrected chi connectivity index (χ3v) is 10.0. The van der Waals surface area contributed by atoms with Crippen molar-refractivity contribution in [3.8, 4) is 0 Å². The fourth-order valence-electron chi connectivity index (χ4n) is 7.37. The second kappa shape index (κ2) is 17.5. The maximum atomic E-state index is 12.4. The lowest BCUT2D eigenvalue weighted by Crippen LogP contribution is -2.15. The van der Waals surface area contributed by atoms with Crippen molar-refractivity contribution in [1.29, 1.82) is 0 Å². The standard InChI is InChI=1S/C24H38O4.C24H14/c1-19(2)13-7-5-11-17-27-23(25)21-15-9-10-16-22(21)24(26)28-18-12-6-8-14-20(3)4;1-2-8-18-16(6-1)14-17-13-12-15-7-5-11-20-19-9-3-4-10-21(19)24(18)23(17)22(15)20/h9-10,15-16,19-20H,5-8,11-14,17-18H2,1-4H3;1-14H. The van der Waals surface area contributed by atoms with Gasteiger partial charge in [-0.2, -0.15) is 0 Å². The van der Waals surface area contributed by atoms with E-state index in [4.69, 9.17) is 9.47 Å². The van der Waals surface area contributed by atoms with E-state index in [-0.39, 0.29) is 11.1 Å². The van der Waals surface area contributed by atoms with Gasteiger partial charge in [0.1, 0.15) is 0 Å². The number of esters is 2. The molecule has 0 aliphatic carbocycles. The summed E-state index contributed by atoms with van der Waals surface area (Å²) in [4.78, 5) is 24.7. The Bertz CT molecular complexity index is 2210. The molecule has 7 aromatic carbocycles. The normalized spacial score (nSPS) is 11.6. The van der Waals surface area contributed by atoms with Gasteiger partial charge in [-0.1, -0.05) is 157 Å². The number of hydrogen-bond donors (Lipinski definition) is 0. The van der Waals surface area contributed by atoms with Gasteiger partial charge in [0.15, 0.2) is 0 Å². The molecule has 4 heteroatoms. The molecule has 0 saturated carbocycles. The molecule has 0 atom stereocenters. The molecule has 0 aromatic heterocycles. The lowest BCUT2D eigenvalue weighted by Gasteiger charge is -2.16. The SMILES string of the molecule is CC(C)CCCCCOC(=O)c1ccccc1C(=O)OCCCCCC(C)C.c1ccc2c(c1)cc1ccc3cccc4c5ccccc5c2c1c34. The molecule has 0 bridgehead atoms. The van der Waals surface area contributed by atoms with Crippen molar-refractivity contribution in [3.63, 3.8) is 0 Å². The number of benzene rings is 7. The van der Waals surface area contributed by atoms with Crippen LogP contribution in [0.4, 0.5) is 0 Å². The quantitative estimate of drug-likeness (QED) is 0.0493. The van der Waals surface area contributed by atoms with Crippen molar-refractivity contribution in [2.24, 2.45) is 11.8 Å². The molecule has 0 radical (unpaired) electrons. The van der Waals surface area contributed by atoms with Gasteiger partial charge in [0.2, 0.25) is 0 Å². The van der Waals surface area contributed by atoms with E-state index in [1.165, 1.54) is 66.7 Å². The molecule has 0 spiro atoms. The predicted molar refractivity (Wildman–Crippen MR) is 219 cm³/mol. The van der Waals surface area contributed by atoms with E-state index in [1.807, 2.05) is 0 Å². The summed E-state index contributed by atoms with van der Waals surface area (Å²) in [5, 5.41) is 13.6. The molecular formula is C48H52O4. The van der Waals surface area contributed by atoms with Gasteiger partial charge in [-0.3, -0.25) is 0 Å². The Morgan fingerprint density at radius 3 is 1.54 bits per heavy atom. The predicted octanol–water partition coefficient (Wildman–Crippen LogP) is 13.3. The average Bonchev–Trinajstić information content (AvgIpc) is 3.16. The summed E-state index contributed by atoms with van der Waals surface area (Å²) < 4.78 is 10.7. The van der Waals surface area contributed by atoms with Gasteiger partial charge in [0.25, 0.3) is 0 Å². The highest BCUT2D eigenvalue weighted by atomic mass is 16.5. The fourth-order valence-corrected chi connectivity index (χ4v) is 7.37. The Labute approximate surface area is 308 Å². The molecule has 0 unspecified atom stereocenters. The van der Waals surface area contributed by atoms with Crippen LogP contribution >= 0.6 is 0 Å². The number of hydrogen-bond acceptors (Lipinski definition) is 4. The highest BCUT2D eigenvalue weighted by Crippen LogP contribution is 2.43. The fraction of sp³-hybridized carbons (Fsp3) is 0.333. The van der Waals surface area contributed by atoms with Crippen LogP contribution in [0.15, 0.2) is 109 Å². The summed E-state index contributed by atoms with van der Waals surface area (Å²) in [7, 11) is 0. The third-order valence-electron chi connectivity index (χ3n) is 10.0. The zero-order chi connectivity index (χ0) is 36.5. The summed E-state index contributed by atoms with van der Waals surface area (Å²) in [5.41, 5.74) is 0.573. The highest BCUT2D eigenvalue weighted by Gasteiger charge is 2.19. The smallest absolute Gasteiger partial charge is 0.339 e. The maximum Gasteiger partial charge on any atom is 0.339 e. The first-order chi connectivity index (χ1) is 25.3. The molecule has 7 rings (SSSR count). The van der Waals surface area contributed by atoms with Gasteiger partial charge in [-0.05, 0) is 96.7 Å². The van der Waals surface area contributed by atoms with Gasteiger partial charge in [-0.25, -0.2) is 9.59 Å². The highest BCUT2D eigenvalue weighted by molar-refractivity contribution is 6.38. The number of fused-ring (bicyclic) bond motifs is 5. The first-order valence-electron chi connectivity index (χ1n) is 19.2. The minimum Gasteiger partial charge on any atom is -0.462 e. The summed E-state index contributed by atoms with van der Waals surface area (Å²) in [6.45, 7) is 9.61. The zero-order valence-electron chi connectivity index (χ0n) is 31.3. The van der Waals surface area contributed by atoms with E-state index < -0.39 is 11.9 Å². The molecule has 0 heterocycles. The second-order valence-corrected chi connectivity index (χ2v) is 14.9. The Morgan fingerprint density at radius 2 is 0.923 bits per heavy atom. The molecule has 0 fully saturated rings. The monoisotopic (exact) mass is 692 g/mol. The minimum atomic E-state index is -0.451. The molecule has 0 saturated heterocycles. The summed E-state index contributed by atoms with van der Waals surface area (Å²) >= 11 is 0. The largest absolute Gasteiger partial charge is 0.462 e. The number of ether oxygens (including phenoxy) is 2. The number of carbonyl (C=O) groups excluding carboxylic acids is 2. The molecule has 0 aliphatic heterocycles. The van der Waals surface area contributed by atoms with Crippen LogP contribution < -0.4 is 0 Å². The van der Waals surface area contributed by atoms with E-state index >= 15 is 0 Å². The van der Waals surface area contributed by atoms with Crippen LogP contribution in [0.3, 0.4) is 0 Å². The van der Waals surface area contributed by atoms with Crippen LogP contribution in [-0.4, -0.2) is 25.2 Å². The van der Waals surface area contributed by atoms with Crippen LogP contribution in [0.25, 0.3) is 53.9 Å². The molecule has 7 aromatic rings. The van der Waals surface area contributed by atoms with Gasteiger partial charge in [0.05, 0.1) is 24.3 Å². The molecule has 4 nitrogen and oxygen atoms in total. The lowest BCUT2D eigenvalue weighted by molar-refractivity contribution is 0.0450. The van der Waals surface area contributed by atoms with Crippen molar-refractivity contribution in [2.45, 2.75) is 79.1 Å². The van der Waals surface area contributed by atoms with Gasteiger partial charge in [-0.15, -0.1) is 0 Å². The number of carbonyl (C=O) groups is 2. The van der Waals surface area contributed by atoms with Crippen LogP contribution in [0, 0.1) is 11.8 Å². The van der Waals surface area contributed by atoms with Crippen molar-refractivity contribution in [2.75, 3.05) is 13.2 Å². The van der Waals surface area contributed by atoms with Crippen molar-refractivity contribution < 1.29 is 19.1 Å². The van der Waals surface area contributed by atoms with Crippen LogP contribution in [0.5, 0.6) is 0 Å². The van der Waals surface area contributed by atoms with E-state index in [9.17, 15) is 9.59 Å². The second-order valence-electron chi connectivity index (χ2n) is 14.9. The molecule has 0 N–H and O–H groups in total. The Kier molecular flexibility index (Phi) is 12.4. The summed E-state index contributed by atoms with van der Waals surface area (Å²) in [6.07, 6.45) is 8.48. The van der Waals surface area contributed by atoms with Crippen molar-refractivity contribution in [1.82, 2.24) is 0 Å². The van der Waals surface area contributed by atoms with Crippen LogP contribution in [0.2, 0.25) is 0 Å². The van der Waals surface area contributed by atoms with Crippen LogP contribution in [-0.2, 0) is 9.47 Å². The molecule has 268 valence electrons. The minimum absolute atomic E-state index is 0.287. The van der Waals surface area contributed by atoms with Crippen LogP contribution in [0.1, 0.15) is 99.8 Å². The van der Waals surface area contributed by atoms with E-state index in [0.717, 1.165) is 38.5 Å². The third kappa shape index (κ3) is 8.56. The maximum absolute atomic E-state index is 12.4. The number of unbranched alkanes of at least 4 members (excludes halogenated alkanes) is 4. The summed E-state index contributed by atoms with van der Waals surface area (Å²) in [5.74, 6) is 0.507. The molecule has 0 aliphatic rings. The Hall–Kier alpha value is -4.96. The average molecular weight is 693 g/mol. The Morgan fingerprint density at radius 1 is 0.442 bits per heavy atom. The van der Waals surface area contributed by atoms with E-state index in [0.29, 0.717) is 25.0 Å². The van der Waals surface area contributed by atoms with Gasteiger partial charge < -0.3 is 9.47 Å². The van der Waals surface area contributed by atoms with E-state index in [1.54, 1.807) is 24.3 Å². The van der Waals surface area contributed by atoms with E-state index in [2.05, 4.69) is 113 Å². The lowest BCUT2D eigenvalue weighted by atomic mass is 9.87. The first-order valence-corrected chi connectivity index (χ1v) is 19.2. The zero-order valence-corrected chi connectivity index (χ0v) is 31.3. The molecular weight excluding hydrogens is 641 g/mol. The molecule has 0 amide bonds. The number of rotatable bonds is 14. The molecule has 52 heavy (non-hydrogen) atoms. The van der Waals surface area contributed by atoms with Gasteiger partial charge in [0, 0.05) is 0 Å². The van der Waals surface area contributed by atoms with Crippen molar-refractivity contribution in [3.05, 3.63) is 120 Å². The first kappa shape index (κ1) is 36.8. The summed E-state index contributed by atoms with van der Waals surface area (Å²) in [6, 6.07) is 37.8. The topological polar surface area (TPSA) is 52.6 Å². The van der Waals surface area contributed by atoms with Gasteiger partial charge >= 0.3 is 11.9 Å². The van der Waals surface area contributed by atoms with Crippen molar-refractivity contribution >= 4 is 65.8 Å². The Balaban J connectivity index is 0.000000179.